The minimum absolute atomic E-state index is 0.207. The van der Waals surface area contributed by atoms with Gasteiger partial charge in [0.25, 0.3) is 0 Å². The SMILES string of the molecule is [CH2]Oc1cc(C)nc(N)n1. The monoisotopic (exact) mass is 138 g/mol. The van der Waals surface area contributed by atoms with Crippen molar-refractivity contribution in [3.8, 4) is 5.88 Å². The van der Waals surface area contributed by atoms with E-state index in [1.165, 1.54) is 0 Å². The standard InChI is InChI=1S/C6H8N3O/c1-4-3-5(10-2)9-6(7)8-4/h3H,2H2,1H3,(H2,7,8,9). The third-order valence-electron chi connectivity index (χ3n) is 0.996. The fourth-order valence-electron chi connectivity index (χ4n) is 0.636. The first-order chi connectivity index (χ1) is 4.72. The molecule has 0 aliphatic carbocycles. The van der Waals surface area contributed by atoms with Crippen molar-refractivity contribution in [3.63, 3.8) is 0 Å². The molecule has 53 valence electrons. The summed E-state index contributed by atoms with van der Waals surface area (Å²) in [5.41, 5.74) is 6.07. The Labute approximate surface area is 59.1 Å². The molecule has 0 bridgehead atoms. The lowest BCUT2D eigenvalue weighted by atomic mass is 10.4. The first kappa shape index (κ1) is 6.80. The first-order valence-electron chi connectivity index (χ1n) is 2.75. The molecule has 0 unspecified atom stereocenters. The van der Waals surface area contributed by atoms with Gasteiger partial charge in [-0.3, -0.25) is 0 Å². The first-order valence-corrected chi connectivity index (χ1v) is 2.75. The molecule has 4 nitrogen and oxygen atoms in total. The van der Waals surface area contributed by atoms with E-state index < -0.39 is 0 Å². The second-order valence-corrected chi connectivity index (χ2v) is 1.85. The number of anilines is 1. The molecule has 2 N–H and O–H groups in total. The van der Waals surface area contributed by atoms with Gasteiger partial charge in [-0.25, -0.2) is 4.98 Å². The second kappa shape index (κ2) is 2.51. The molecule has 1 heterocycles. The Morgan fingerprint density at radius 2 is 2.30 bits per heavy atom. The molecule has 1 rings (SSSR count). The van der Waals surface area contributed by atoms with Gasteiger partial charge in [0.1, 0.15) is 7.11 Å². The summed E-state index contributed by atoms with van der Waals surface area (Å²) in [5, 5.41) is 0. The maximum atomic E-state index is 5.30. The predicted molar refractivity (Wildman–Crippen MR) is 37.2 cm³/mol. The van der Waals surface area contributed by atoms with Gasteiger partial charge in [-0.1, -0.05) is 0 Å². The summed E-state index contributed by atoms with van der Waals surface area (Å²) in [7, 11) is 3.19. The number of hydrogen-bond acceptors (Lipinski definition) is 4. The Balaban J connectivity index is 3.06. The van der Waals surface area contributed by atoms with Crippen LogP contribution in [-0.2, 0) is 0 Å². The molecule has 0 saturated heterocycles. The molecule has 0 aliphatic heterocycles. The molecule has 0 atom stereocenters. The van der Waals surface area contributed by atoms with Crippen LogP contribution in [-0.4, -0.2) is 9.97 Å². The van der Waals surface area contributed by atoms with Gasteiger partial charge in [0, 0.05) is 11.8 Å². The topological polar surface area (TPSA) is 61.0 Å². The zero-order valence-electron chi connectivity index (χ0n) is 5.66. The lowest BCUT2D eigenvalue weighted by molar-refractivity contribution is 0.452. The second-order valence-electron chi connectivity index (χ2n) is 1.85. The zero-order valence-corrected chi connectivity index (χ0v) is 5.66. The van der Waals surface area contributed by atoms with E-state index in [2.05, 4.69) is 21.8 Å². The fourth-order valence-corrected chi connectivity index (χ4v) is 0.636. The van der Waals surface area contributed by atoms with Crippen molar-refractivity contribution >= 4 is 5.95 Å². The van der Waals surface area contributed by atoms with Gasteiger partial charge in [-0.05, 0) is 6.92 Å². The normalized spacial score (nSPS) is 9.40. The predicted octanol–water partition coefficient (Wildman–Crippen LogP) is 0.538. The summed E-state index contributed by atoms with van der Waals surface area (Å²) < 4.78 is 4.59. The van der Waals surface area contributed by atoms with E-state index >= 15 is 0 Å². The highest BCUT2D eigenvalue weighted by atomic mass is 16.5. The Morgan fingerprint density at radius 1 is 1.60 bits per heavy atom. The van der Waals surface area contributed by atoms with Crippen LogP contribution in [0.2, 0.25) is 0 Å². The van der Waals surface area contributed by atoms with Crippen molar-refractivity contribution in [3.05, 3.63) is 18.9 Å². The number of hydrogen-bond donors (Lipinski definition) is 1. The molecule has 4 heteroatoms. The average molecular weight is 138 g/mol. The fraction of sp³-hybridized carbons (Fsp3) is 0.167. The highest BCUT2D eigenvalue weighted by Gasteiger charge is 1.96. The van der Waals surface area contributed by atoms with Crippen LogP contribution in [0.3, 0.4) is 0 Å². The highest BCUT2D eigenvalue weighted by molar-refractivity contribution is 5.25. The third-order valence-corrected chi connectivity index (χ3v) is 0.996. The van der Waals surface area contributed by atoms with E-state index in [0.29, 0.717) is 5.88 Å². The summed E-state index contributed by atoms with van der Waals surface area (Å²) in [4.78, 5) is 7.58. The van der Waals surface area contributed by atoms with Gasteiger partial charge in [-0.15, -0.1) is 0 Å². The van der Waals surface area contributed by atoms with Crippen molar-refractivity contribution < 1.29 is 4.74 Å². The average Bonchev–Trinajstić information content (AvgIpc) is 1.85. The van der Waals surface area contributed by atoms with Crippen LogP contribution >= 0.6 is 0 Å². The van der Waals surface area contributed by atoms with Crippen LogP contribution in [0.15, 0.2) is 6.07 Å². The molecule has 0 spiro atoms. The number of aryl methyl sites for hydroxylation is 1. The number of rotatable bonds is 1. The summed E-state index contributed by atoms with van der Waals surface area (Å²) in [6.45, 7) is 1.81. The summed E-state index contributed by atoms with van der Waals surface area (Å²) in [6, 6.07) is 1.66. The quantitative estimate of drug-likeness (QED) is 0.615. The van der Waals surface area contributed by atoms with Crippen LogP contribution in [0, 0.1) is 14.0 Å². The van der Waals surface area contributed by atoms with Gasteiger partial charge in [0.15, 0.2) is 0 Å². The molecule has 1 radical (unpaired) electrons. The molecular weight excluding hydrogens is 130 g/mol. The zero-order chi connectivity index (χ0) is 7.56. The minimum Gasteiger partial charge on any atom is -0.474 e. The molecule has 0 amide bonds. The van der Waals surface area contributed by atoms with Crippen molar-refractivity contribution in [2.45, 2.75) is 6.92 Å². The van der Waals surface area contributed by atoms with E-state index in [-0.39, 0.29) is 5.95 Å². The largest absolute Gasteiger partial charge is 0.474 e. The van der Waals surface area contributed by atoms with Crippen molar-refractivity contribution in [1.82, 2.24) is 9.97 Å². The minimum atomic E-state index is 0.207. The van der Waals surface area contributed by atoms with Crippen LogP contribution in [0.4, 0.5) is 5.95 Å². The van der Waals surface area contributed by atoms with E-state index in [1.54, 1.807) is 13.0 Å². The van der Waals surface area contributed by atoms with Crippen LogP contribution < -0.4 is 10.5 Å². The Hall–Kier alpha value is -1.32. The number of nitrogens with zero attached hydrogens (tertiary/aromatic N) is 2. The molecule has 1 aromatic rings. The lowest BCUT2D eigenvalue weighted by Gasteiger charge is -1.99. The Kier molecular flexibility index (Phi) is 1.71. The van der Waals surface area contributed by atoms with E-state index in [4.69, 9.17) is 5.73 Å². The molecular formula is C6H8N3O. The van der Waals surface area contributed by atoms with Gasteiger partial charge < -0.3 is 10.5 Å². The molecule has 10 heavy (non-hydrogen) atoms. The van der Waals surface area contributed by atoms with E-state index in [9.17, 15) is 0 Å². The highest BCUT2D eigenvalue weighted by Crippen LogP contribution is 2.08. The van der Waals surface area contributed by atoms with Crippen LogP contribution in [0.1, 0.15) is 5.69 Å². The maximum absolute atomic E-state index is 5.30. The molecule has 0 fully saturated rings. The summed E-state index contributed by atoms with van der Waals surface area (Å²) in [6.07, 6.45) is 0. The van der Waals surface area contributed by atoms with Crippen molar-refractivity contribution in [2.24, 2.45) is 0 Å². The number of aromatic nitrogens is 2. The van der Waals surface area contributed by atoms with Crippen LogP contribution in [0.25, 0.3) is 0 Å². The Bertz CT molecular complexity index is 216. The number of nitrogens with two attached hydrogens (primary N) is 1. The van der Waals surface area contributed by atoms with Crippen LogP contribution in [0.5, 0.6) is 5.88 Å². The van der Waals surface area contributed by atoms with Gasteiger partial charge in [0.2, 0.25) is 11.8 Å². The number of ether oxygens (including phenoxy) is 1. The lowest BCUT2D eigenvalue weighted by Crippen LogP contribution is -1.97. The van der Waals surface area contributed by atoms with Crippen molar-refractivity contribution in [1.29, 1.82) is 0 Å². The molecule has 0 aliphatic rings. The van der Waals surface area contributed by atoms with Gasteiger partial charge >= 0.3 is 0 Å². The van der Waals surface area contributed by atoms with E-state index in [1.807, 2.05) is 0 Å². The van der Waals surface area contributed by atoms with E-state index in [0.717, 1.165) is 5.69 Å². The third kappa shape index (κ3) is 1.34. The summed E-state index contributed by atoms with van der Waals surface area (Å²) >= 11 is 0. The van der Waals surface area contributed by atoms with Gasteiger partial charge in [-0.2, -0.15) is 4.98 Å². The molecule has 0 saturated carbocycles. The molecule has 1 aromatic heterocycles. The molecule has 0 aromatic carbocycles. The smallest absolute Gasteiger partial charge is 0.223 e. The maximum Gasteiger partial charge on any atom is 0.223 e. The van der Waals surface area contributed by atoms with Crippen molar-refractivity contribution in [2.75, 3.05) is 5.73 Å². The Morgan fingerprint density at radius 3 is 2.80 bits per heavy atom. The summed E-state index contributed by atoms with van der Waals surface area (Å²) in [5.74, 6) is 0.601. The number of nitrogen functional groups attached to an aromatic ring is 1. The van der Waals surface area contributed by atoms with Gasteiger partial charge in [0.05, 0.1) is 0 Å².